The SMILES string of the molecule is CN1c2nc(Cl)ncc2N(CC(F)(F)F)C(=O)C12CC2. The van der Waals surface area contributed by atoms with Gasteiger partial charge in [-0.15, -0.1) is 0 Å². The molecule has 0 aromatic carbocycles. The highest BCUT2D eigenvalue weighted by molar-refractivity contribution is 6.28. The van der Waals surface area contributed by atoms with E-state index in [1.54, 1.807) is 11.9 Å². The number of halogens is 4. The first-order valence-corrected chi connectivity index (χ1v) is 6.27. The molecule has 2 aliphatic rings. The Morgan fingerprint density at radius 2 is 2.10 bits per heavy atom. The summed E-state index contributed by atoms with van der Waals surface area (Å²) in [6, 6.07) is 0. The summed E-state index contributed by atoms with van der Waals surface area (Å²) in [5, 5.41) is -0.0623. The lowest BCUT2D eigenvalue weighted by Gasteiger charge is -2.40. The number of carbonyl (C=O) groups is 1. The van der Waals surface area contributed by atoms with Crippen LogP contribution in [0.3, 0.4) is 0 Å². The average Bonchev–Trinajstić information content (AvgIpc) is 3.13. The second-order valence-electron chi connectivity index (χ2n) is 4.94. The van der Waals surface area contributed by atoms with E-state index in [1.165, 1.54) is 0 Å². The molecule has 1 aromatic rings. The molecule has 108 valence electrons. The van der Waals surface area contributed by atoms with E-state index in [1.807, 2.05) is 0 Å². The van der Waals surface area contributed by atoms with Crippen molar-refractivity contribution in [3.05, 3.63) is 11.5 Å². The van der Waals surface area contributed by atoms with Crippen molar-refractivity contribution in [3.8, 4) is 0 Å². The Hall–Kier alpha value is -1.57. The number of aromatic nitrogens is 2. The number of alkyl halides is 3. The molecule has 0 unspecified atom stereocenters. The third-order valence-electron chi connectivity index (χ3n) is 3.68. The van der Waals surface area contributed by atoms with E-state index >= 15 is 0 Å². The maximum Gasteiger partial charge on any atom is 0.406 e. The summed E-state index contributed by atoms with van der Waals surface area (Å²) in [7, 11) is 1.64. The zero-order valence-electron chi connectivity index (χ0n) is 10.4. The van der Waals surface area contributed by atoms with Crippen LogP contribution >= 0.6 is 11.6 Å². The molecular formula is C11H10ClF3N4O. The van der Waals surface area contributed by atoms with Crippen molar-refractivity contribution >= 4 is 29.0 Å². The second kappa shape index (κ2) is 3.97. The van der Waals surface area contributed by atoms with Crippen LogP contribution < -0.4 is 9.80 Å². The van der Waals surface area contributed by atoms with Gasteiger partial charge in [0.2, 0.25) is 5.28 Å². The molecule has 0 atom stereocenters. The number of nitrogens with zero attached hydrogens (tertiary/aromatic N) is 4. The van der Waals surface area contributed by atoms with Gasteiger partial charge in [0.05, 0.1) is 6.20 Å². The molecule has 0 saturated heterocycles. The predicted octanol–water partition coefficient (Wildman–Crippen LogP) is 2.01. The standard InChI is InChI=1S/C11H10ClF3N4O/c1-18-7-6(4-16-9(12)17-7)19(5-11(13,14)15)8(20)10(18)2-3-10/h4H,2-3,5H2,1H3. The minimum Gasteiger partial charge on any atom is -0.343 e. The number of hydrogen-bond acceptors (Lipinski definition) is 4. The van der Waals surface area contributed by atoms with Crippen molar-refractivity contribution in [2.75, 3.05) is 23.4 Å². The molecule has 9 heteroatoms. The molecule has 0 N–H and O–H groups in total. The van der Waals surface area contributed by atoms with Crippen molar-refractivity contribution in [1.29, 1.82) is 0 Å². The fourth-order valence-corrected chi connectivity index (χ4v) is 2.62. The van der Waals surface area contributed by atoms with Gasteiger partial charge in [0.15, 0.2) is 5.82 Å². The highest BCUT2D eigenvalue weighted by Gasteiger charge is 2.60. The minimum atomic E-state index is -4.49. The second-order valence-corrected chi connectivity index (χ2v) is 5.28. The van der Waals surface area contributed by atoms with Gasteiger partial charge in [-0.1, -0.05) is 0 Å². The van der Waals surface area contributed by atoms with Crippen molar-refractivity contribution in [3.63, 3.8) is 0 Å². The molecular weight excluding hydrogens is 297 g/mol. The van der Waals surface area contributed by atoms with Gasteiger partial charge in [-0.05, 0) is 24.4 Å². The van der Waals surface area contributed by atoms with Crippen molar-refractivity contribution in [2.24, 2.45) is 0 Å². The van der Waals surface area contributed by atoms with Gasteiger partial charge in [0.25, 0.3) is 5.91 Å². The third kappa shape index (κ3) is 1.90. The molecule has 1 fully saturated rings. The van der Waals surface area contributed by atoms with Crippen LogP contribution in [0, 0.1) is 0 Å². The Morgan fingerprint density at radius 3 is 2.65 bits per heavy atom. The van der Waals surface area contributed by atoms with E-state index < -0.39 is 24.2 Å². The Morgan fingerprint density at radius 1 is 1.45 bits per heavy atom. The number of carbonyl (C=O) groups excluding carboxylic acids is 1. The Labute approximate surface area is 117 Å². The first kappa shape index (κ1) is 13.4. The molecule has 3 rings (SSSR count). The third-order valence-corrected chi connectivity index (χ3v) is 3.86. The van der Waals surface area contributed by atoms with Crippen LogP contribution in [-0.2, 0) is 4.79 Å². The lowest BCUT2D eigenvalue weighted by Crippen LogP contribution is -2.56. The Kier molecular flexibility index (Phi) is 2.66. The van der Waals surface area contributed by atoms with Gasteiger partial charge in [-0.3, -0.25) is 9.69 Å². The topological polar surface area (TPSA) is 49.3 Å². The summed E-state index contributed by atoms with van der Waals surface area (Å²) in [6.45, 7) is -1.35. The average molecular weight is 307 g/mol. The van der Waals surface area contributed by atoms with E-state index in [-0.39, 0.29) is 16.8 Å². The van der Waals surface area contributed by atoms with Crippen LogP contribution in [-0.4, -0.2) is 41.2 Å². The van der Waals surface area contributed by atoms with E-state index in [0.29, 0.717) is 17.7 Å². The molecule has 20 heavy (non-hydrogen) atoms. The van der Waals surface area contributed by atoms with E-state index in [0.717, 1.165) is 6.20 Å². The number of rotatable bonds is 1. The van der Waals surface area contributed by atoms with E-state index in [4.69, 9.17) is 11.6 Å². The van der Waals surface area contributed by atoms with Crippen LogP contribution in [0.2, 0.25) is 5.28 Å². The van der Waals surface area contributed by atoms with E-state index in [2.05, 4.69) is 9.97 Å². The number of hydrogen-bond donors (Lipinski definition) is 0. The van der Waals surface area contributed by atoms with Crippen molar-refractivity contribution in [1.82, 2.24) is 9.97 Å². The molecule has 0 radical (unpaired) electrons. The van der Waals surface area contributed by atoms with Crippen LogP contribution in [0.4, 0.5) is 24.7 Å². The summed E-state index contributed by atoms with van der Waals surface area (Å²) in [6.07, 6.45) is -2.31. The van der Waals surface area contributed by atoms with Crippen LogP contribution in [0.25, 0.3) is 0 Å². The highest BCUT2D eigenvalue weighted by atomic mass is 35.5. The van der Waals surface area contributed by atoms with Gasteiger partial charge < -0.3 is 4.90 Å². The highest BCUT2D eigenvalue weighted by Crippen LogP contribution is 2.51. The van der Waals surface area contributed by atoms with Gasteiger partial charge in [0.1, 0.15) is 17.8 Å². The van der Waals surface area contributed by atoms with Crippen LogP contribution in [0.1, 0.15) is 12.8 Å². The summed E-state index contributed by atoms with van der Waals surface area (Å²) in [5.74, 6) is -0.304. The summed E-state index contributed by atoms with van der Waals surface area (Å²) >= 11 is 5.70. The minimum absolute atomic E-state index is 0.0387. The predicted molar refractivity (Wildman–Crippen MR) is 65.8 cm³/mol. The van der Waals surface area contributed by atoms with Gasteiger partial charge in [-0.25, -0.2) is 4.98 Å². The molecule has 1 amide bonds. The molecule has 5 nitrogen and oxygen atoms in total. The smallest absolute Gasteiger partial charge is 0.343 e. The lowest BCUT2D eigenvalue weighted by atomic mass is 10.1. The number of anilines is 2. The number of amides is 1. The fourth-order valence-electron chi connectivity index (χ4n) is 2.49. The summed E-state index contributed by atoms with van der Waals surface area (Å²) < 4.78 is 38.0. The first-order chi connectivity index (χ1) is 9.24. The Balaban J connectivity index is 2.11. The molecule has 1 aliphatic heterocycles. The summed E-state index contributed by atoms with van der Waals surface area (Å²) in [5.41, 5.74) is -0.868. The maximum atomic E-state index is 12.7. The van der Waals surface area contributed by atoms with Crippen molar-refractivity contribution < 1.29 is 18.0 Å². The molecule has 1 aromatic heterocycles. The maximum absolute atomic E-state index is 12.7. The van der Waals surface area contributed by atoms with Crippen LogP contribution in [0.5, 0.6) is 0 Å². The molecule has 1 spiro atoms. The first-order valence-electron chi connectivity index (χ1n) is 5.90. The normalized spacial score (nSPS) is 20.4. The monoisotopic (exact) mass is 306 g/mol. The summed E-state index contributed by atoms with van der Waals surface area (Å²) in [4.78, 5) is 22.3. The largest absolute Gasteiger partial charge is 0.406 e. The molecule has 2 heterocycles. The van der Waals surface area contributed by atoms with Gasteiger partial charge in [0, 0.05) is 7.05 Å². The van der Waals surface area contributed by atoms with E-state index in [9.17, 15) is 18.0 Å². The number of likely N-dealkylation sites (N-methyl/N-ethyl adjacent to an activating group) is 1. The van der Waals surface area contributed by atoms with Gasteiger partial charge >= 0.3 is 6.18 Å². The quantitative estimate of drug-likeness (QED) is 0.745. The number of fused-ring (bicyclic) bond motifs is 1. The molecule has 1 saturated carbocycles. The Bertz CT molecular complexity index is 588. The van der Waals surface area contributed by atoms with Crippen molar-refractivity contribution in [2.45, 2.75) is 24.6 Å². The van der Waals surface area contributed by atoms with Gasteiger partial charge in [-0.2, -0.15) is 18.2 Å². The molecule has 1 aliphatic carbocycles. The zero-order valence-corrected chi connectivity index (χ0v) is 11.2. The fraction of sp³-hybridized carbons (Fsp3) is 0.545. The van der Waals surface area contributed by atoms with Crippen LogP contribution in [0.15, 0.2) is 6.20 Å². The zero-order chi connectivity index (χ0) is 14.7. The lowest BCUT2D eigenvalue weighted by molar-refractivity contribution is -0.134. The molecule has 0 bridgehead atoms.